The van der Waals surface area contributed by atoms with E-state index in [1.54, 1.807) is 50.4 Å². The predicted octanol–water partition coefficient (Wildman–Crippen LogP) is 4.26. The summed E-state index contributed by atoms with van der Waals surface area (Å²) in [5.41, 5.74) is 1.88. The van der Waals surface area contributed by atoms with Gasteiger partial charge in [0.1, 0.15) is 5.52 Å². The maximum absolute atomic E-state index is 15.3. The molecule has 0 bridgehead atoms. The van der Waals surface area contributed by atoms with Crippen LogP contribution in [0, 0.1) is 12.7 Å². The standard InChI is InChI=1S/C23H20FN3O4/c1-4-30-23(29)17-12-27-21(13(17)2)19(10-11-26-27)31-18-9-8-14-15(20(18)24)6-5-7-16(14)22(28)25-3/h5-12H,4H2,1-3H3,(H,25,28). The van der Waals surface area contributed by atoms with Gasteiger partial charge in [-0.25, -0.2) is 13.7 Å². The number of hydrogen-bond donors (Lipinski definition) is 1. The molecule has 1 N–H and O–H groups in total. The number of esters is 1. The van der Waals surface area contributed by atoms with Crippen molar-refractivity contribution in [1.82, 2.24) is 14.9 Å². The summed E-state index contributed by atoms with van der Waals surface area (Å²) >= 11 is 0. The highest BCUT2D eigenvalue weighted by Gasteiger charge is 2.20. The van der Waals surface area contributed by atoms with Crippen LogP contribution < -0.4 is 10.1 Å². The molecule has 0 aliphatic heterocycles. The SMILES string of the molecule is CCOC(=O)c1cn2nccc(Oc3ccc4c(C(=O)NC)cccc4c3F)c2c1C. The Balaban J connectivity index is 1.80. The largest absolute Gasteiger partial charge is 0.462 e. The predicted molar refractivity (Wildman–Crippen MR) is 113 cm³/mol. The van der Waals surface area contributed by atoms with Crippen LogP contribution in [0.25, 0.3) is 16.3 Å². The Labute approximate surface area is 177 Å². The van der Waals surface area contributed by atoms with Crippen LogP contribution in [-0.4, -0.2) is 35.1 Å². The number of rotatable bonds is 5. The van der Waals surface area contributed by atoms with E-state index in [4.69, 9.17) is 9.47 Å². The van der Waals surface area contributed by atoms with Crippen molar-refractivity contribution in [3.05, 3.63) is 71.3 Å². The molecule has 0 aliphatic carbocycles. The summed E-state index contributed by atoms with van der Waals surface area (Å²) in [5.74, 6) is -1.02. The quantitative estimate of drug-likeness (QED) is 0.487. The zero-order valence-electron chi connectivity index (χ0n) is 17.2. The van der Waals surface area contributed by atoms with Gasteiger partial charge in [0.05, 0.1) is 18.4 Å². The number of amides is 1. The molecular formula is C23H20FN3O4. The number of aromatic nitrogens is 2. The molecule has 2 aromatic heterocycles. The highest BCUT2D eigenvalue weighted by atomic mass is 19.1. The minimum absolute atomic E-state index is 0.00654. The van der Waals surface area contributed by atoms with E-state index in [-0.39, 0.29) is 23.6 Å². The summed E-state index contributed by atoms with van der Waals surface area (Å²) in [5, 5.41) is 7.51. The number of nitrogens with zero attached hydrogens (tertiary/aromatic N) is 2. The third-order valence-corrected chi connectivity index (χ3v) is 5.04. The lowest BCUT2D eigenvalue weighted by molar-refractivity contribution is 0.0525. The first kappa shape index (κ1) is 20.3. The number of halogens is 1. The number of ether oxygens (including phenoxy) is 2. The van der Waals surface area contributed by atoms with Crippen LogP contribution in [0.15, 0.2) is 48.8 Å². The van der Waals surface area contributed by atoms with Gasteiger partial charge in [0, 0.05) is 30.3 Å². The smallest absolute Gasteiger partial charge is 0.340 e. The van der Waals surface area contributed by atoms with Crippen LogP contribution in [0.2, 0.25) is 0 Å². The molecule has 4 rings (SSSR count). The molecule has 0 fully saturated rings. The third-order valence-electron chi connectivity index (χ3n) is 5.04. The van der Waals surface area contributed by atoms with Gasteiger partial charge < -0.3 is 14.8 Å². The molecule has 2 aromatic carbocycles. The number of hydrogen-bond acceptors (Lipinski definition) is 5. The summed E-state index contributed by atoms with van der Waals surface area (Å²) in [6.07, 6.45) is 3.06. The van der Waals surface area contributed by atoms with Crippen molar-refractivity contribution in [3.8, 4) is 11.5 Å². The monoisotopic (exact) mass is 421 g/mol. The van der Waals surface area contributed by atoms with E-state index in [1.807, 2.05) is 0 Å². The molecule has 0 saturated carbocycles. The van der Waals surface area contributed by atoms with Gasteiger partial charge in [-0.15, -0.1) is 0 Å². The van der Waals surface area contributed by atoms with E-state index < -0.39 is 11.8 Å². The van der Waals surface area contributed by atoms with Crippen molar-refractivity contribution in [2.75, 3.05) is 13.7 Å². The second kappa shape index (κ2) is 8.06. The molecule has 0 saturated heterocycles. The van der Waals surface area contributed by atoms with Crippen LogP contribution in [-0.2, 0) is 4.74 Å². The molecule has 158 valence electrons. The number of benzene rings is 2. The van der Waals surface area contributed by atoms with E-state index in [9.17, 15) is 9.59 Å². The third kappa shape index (κ3) is 3.46. The van der Waals surface area contributed by atoms with Gasteiger partial charge in [-0.3, -0.25) is 4.79 Å². The van der Waals surface area contributed by atoms with Gasteiger partial charge in [-0.1, -0.05) is 12.1 Å². The number of fused-ring (bicyclic) bond motifs is 2. The molecule has 1 amide bonds. The second-order valence-corrected chi connectivity index (χ2v) is 6.84. The number of carbonyl (C=O) groups excluding carboxylic acids is 2. The first-order valence-corrected chi connectivity index (χ1v) is 9.71. The van der Waals surface area contributed by atoms with Crippen molar-refractivity contribution < 1.29 is 23.5 Å². The lowest BCUT2D eigenvalue weighted by atomic mass is 10.0. The second-order valence-electron chi connectivity index (χ2n) is 6.84. The number of carbonyl (C=O) groups is 2. The summed E-state index contributed by atoms with van der Waals surface area (Å²) in [6, 6.07) is 9.56. The van der Waals surface area contributed by atoms with Crippen molar-refractivity contribution in [3.63, 3.8) is 0 Å². The Hall–Kier alpha value is -3.94. The fraction of sp³-hybridized carbons (Fsp3) is 0.174. The fourth-order valence-corrected chi connectivity index (χ4v) is 3.55. The van der Waals surface area contributed by atoms with Crippen LogP contribution in [0.1, 0.15) is 33.2 Å². The van der Waals surface area contributed by atoms with Gasteiger partial charge in [0.2, 0.25) is 0 Å². The Bertz CT molecular complexity index is 1330. The van der Waals surface area contributed by atoms with Crippen molar-refractivity contribution in [2.45, 2.75) is 13.8 Å². The van der Waals surface area contributed by atoms with Crippen LogP contribution in [0.3, 0.4) is 0 Å². The Morgan fingerprint density at radius 3 is 2.65 bits per heavy atom. The van der Waals surface area contributed by atoms with Crippen LogP contribution in [0.5, 0.6) is 11.5 Å². The van der Waals surface area contributed by atoms with Crippen LogP contribution >= 0.6 is 0 Å². The zero-order valence-corrected chi connectivity index (χ0v) is 17.2. The van der Waals surface area contributed by atoms with Gasteiger partial charge in [0.15, 0.2) is 17.3 Å². The van der Waals surface area contributed by atoms with E-state index in [0.717, 1.165) is 0 Å². The zero-order chi connectivity index (χ0) is 22.1. The highest BCUT2D eigenvalue weighted by molar-refractivity contribution is 6.07. The molecule has 0 radical (unpaired) electrons. The van der Waals surface area contributed by atoms with Crippen LogP contribution in [0.4, 0.5) is 4.39 Å². The molecule has 0 spiro atoms. The maximum atomic E-state index is 15.3. The average Bonchev–Trinajstić information content (AvgIpc) is 3.12. The lowest BCUT2D eigenvalue weighted by Crippen LogP contribution is -2.18. The van der Waals surface area contributed by atoms with Gasteiger partial charge in [0.25, 0.3) is 5.91 Å². The molecule has 8 heteroatoms. The van der Waals surface area contributed by atoms with Crippen molar-refractivity contribution >= 4 is 28.2 Å². The summed E-state index contributed by atoms with van der Waals surface area (Å²) in [4.78, 5) is 24.3. The van der Waals surface area contributed by atoms with E-state index in [2.05, 4.69) is 10.4 Å². The summed E-state index contributed by atoms with van der Waals surface area (Å²) in [7, 11) is 1.52. The Kier molecular flexibility index (Phi) is 5.29. The summed E-state index contributed by atoms with van der Waals surface area (Å²) < 4.78 is 27.8. The number of aryl methyl sites for hydroxylation is 1. The Morgan fingerprint density at radius 1 is 1.10 bits per heavy atom. The van der Waals surface area contributed by atoms with Crippen molar-refractivity contribution in [1.29, 1.82) is 0 Å². The van der Waals surface area contributed by atoms with E-state index >= 15 is 4.39 Å². The topological polar surface area (TPSA) is 81.9 Å². The van der Waals surface area contributed by atoms with E-state index in [0.29, 0.717) is 33.3 Å². The van der Waals surface area contributed by atoms with Crippen molar-refractivity contribution in [2.24, 2.45) is 0 Å². The fourth-order valence-electron chi connectivity index (χ4n) is 3.55. The average molecular weight is 421 g/mol. The molecule has 2 heterocycles. The normalized spacial score (nSPS) is 11.0. The first-order chi connectivity index (χ1) is 15.0. The van der Waals surface area contributed by atoms with Gasteiger partial charge >= 0.3 is 5.97 Å². The maximum Gasteiger partial charge on any atom is 0.340 e. The number of nitrogens with one attached hydrogen (secondary N) is 1. The molecule has 31 heavy (non-hydrogen) atoms. The molecule has 0 aliphatic rings. The molecule has 4 aromatic rings. The van der Waals surface area contributed by atoms with Gasteiger partial charge in [-0.05, 0) is 43.0 Å². The minimum atomic E-state index is -0.590. The first-order valence-electron chi connectivity index (χ1n) is 9.71. The molecule has 0 atom stereocenters. The molecule has 0 unspecified atom stereocenters. The Morgan fingerprint density at radius 2 is 1.90 bits per heavy atom. The highest BCUT2D eigenvalue weighted by Crippen LogP contribution is 2.35. The van der Waals surface area contributed by atoms with E-state index in [1.165, 1.54) is 23.8 Å². The summed E-state index contributed by atoms with van der Waals surface area (Å²) in [6.45, 7) is 3.73. The van der Waals surface area contributed by atoms with Gasteiger partial charge in [-0.2, -0.15) is 5.10 Å². The molecular weight excluding hydrogens is 401 g/mol. The minimum Gasteiger partial charge on any atom is -0.462 e. The lowest BCUT2D eigenvalue weighted by Gasteiger charge is -2.12. The molecule has 7 nitrogen and oxygen atoms in total.